The van der Waals surface area contributed by atoms with Gasteiger partial charge in [-0.05, 0) is 41.2 Å². The Hall–Kier alpha value is -2.44. The van der Waals surface area contributed by atoms with Crippen LogP contribution in [-0.2, 0) is 9.53 Å². The van der Waals surface area contributed by atoms with Gasteiger partial charge in [-0.1, -0.05) is 57.5 Å². The van der Waals surface area contributed by atoms with Crippen molar-refractivity contribution in [3.05, 3.63) is 63.2 Å². The zero-order chi connectivity index (χ0) is 22.0. The van der Waals surface area contributed by atoms with Gasteiger partial charge in [0, 0.05) is 15.8 Å². The highest BCUT2D eigenvalue weighted by Crippen LogP contribution is 2.36. The maximum atomic E-state index is 13.4. The van der Waals surface area contributed by atoms with Gasteiger partial charge in [0.25, 0.3) is 5.91 Å². The summed E-state index contributed by atoms with van der Waals surface area (Å²) in [5.41, 5.74) is 2.81. The molecular formula is C23H23ClFNO3S. The second-order valence-electron chi connectivity index (χ2n) is 7.63. The molecule has 7 heteroatoms. The molecule has 0 aliphatic heterocycles. The van der Waals surface area contributed by atoms with E-state index in [2.05, 4.69) is 33.0 Å². The van der Waals surface area contributed by atoms with Crippen molar-refractivity contribution >= 4 is 50.6 Å². The highest BCUT2D eigenvalue weighted by molar-refractivity contribution is 7.21. The predicted molar refractivity (Wildman–Crippen MR) is 120 cm³/mol. The number of para-hydroxylation sites is 1. The molecule has 0 fully saturated rings. The number of halogens is 2. The lowest BCUT2D eigenvalue weighted by atomic mass is 9.92. The summed E-state index contributed by atoms with van der Waals surface area (Å²) < 4.78 is 19.1. The fraction of sp³-hybridized carbons (Fsp3) is 0.304. The van der Waals surface area contributed by atoms with Gasteiger partial charge >= 0.3 is 5.97 Å². The molecule has 30 heavy (non-hydrogen) atoms. The molecule has 0 aliphatic carbocycles. The van der Waals surface area contributed by atoms with Gasteiger partial charge in [0.2, 0.25) is 0 Å². The van der Waals surface area contributed by atoms with Crippen LogP contribution in [0.15, 0.2) is 36.4 Å². The van der Waals surface area contributed by atoms with E-state index in [1.165, 1.54) is 18.2 Å². The number of ether oxygens (including phenoxy) is 1. The van der Waals surface area contributed by atoms with E-state index in [-0.39, 0.29) is 21.7 Å². The number of thiophene rings is 1. The van der Waals surface area contributed by atoms with E-state index in [0.717, 1.165) is 28.2 Å². The summed E-state index contributed by atoms with van der Waals surface area (Å²) in [7, 11) is 0. The number of amides is 1. The molecule has 0 bridgehead atoms. The van der Waals surface area contributed by atoms with Crippen LogP contribution in [0.3, 0.4) is 0 Å². The monoisotopic (exact) mass is 447 g/mol. The minimum atomic E-state index is -0.710. The summed E-state index contributed by atoms with van der Waals surface area (Å²) >= 11 is 7.28. The molecule has 3 aromatic rings. The van der Waals surface area contributed by atoms with Crippen LogP contribution < -0.4 is 5.32 Å². The van der Waals surface area contributed by atoms with Gasteiger partial charge in [0.15, 0.2) is 6.61 Å². The zero-order valence-corrected chi connectivity index (χ0v) is 18.8. The molecule has 158 valence electrons. The summed E-state index contributed by atoms with van der Waals surface area (Å²) in [5, 5.41) is 3.68. The molecule has 0 radical (unpaired) electrons. The van der Waals surface area contributed by atoms with Gasteiger partial charge in [-0.25, -0.2) is 9.18 Å². The Bertz CT molecular complexity index is 1080. The minimum Gasteiger partial charge on any atom is -0.451 e. The van der Waals surface area contributed by atoms with Crippen LogP contribution in [0.5, 0.6) is 0 Å². The molecule has 1 heterocycles. The number of benzene rings is 2. The third-order valence-corrected chi connectivity index (χ3v) is 6.39. The fourth-order valence-corrected chi connectivity index (χ4v) is 4.66. The van der Waals surface area contributed by atoms with Crippen molar-refractivity contribution in [3.8, 4) is 0 Å². The molecule has 1 N–H and O–H groups in total. The summed E-state index contributed by atoms with van der Waals surface area (Å²) in [5.74, 6) is -1.11. The SMILES string of the molecule is CC(C)c1cccc(C(C)C)c1NC(=O)COC(=O)c1sc2cc(F)ccc2c1Cl. The molecule has 0 unspecified atom stereocenters. The van der Waals surface area contributed by atoms with Gasteiger partial charge in [0.05, 0.1) is 5.02 Å². The molecule has 1 amide bonds. The number of nitrogens with one attached hydrogen (secondary N) is 1. The topological polar surface area (TPSA) is 55.4 Å². The van der Waals surface area contributed by atoms with Crippen molar-refractivity contribution in [1.82, 2.24) is 0 Å². The first kappa shape index (κ1) is 22.2. The Morgan fingerprint density at radius 2 is 1.73 bits per heavy atom. The van der Waals surface area contributed by atoms with Gasteiger partial charge in [-0.15, -0.1) is 11.3 Å². The molecule has 0 aliphatic rings. The van der Waals surface area contributed by atoms with Crippen molar-refractivity contribution in [2.45, 2.75) is 39.5 Å². The Balaban J connectivity index is 1.74. The Morgan fingerprint density at radius 1 is 1.10 bits per heavy atom. The minimum absolute atomic E-state index is 0.149. The zero-order valence-electron chi connectivity index (χ0n) is 17.2. The van der Waals surface area contributed by atoms with Gasteiger partial charge < -0.3 is 10.1 Å². The van der Waals surface area contributed by atoms with E-state index in [1.807, 2.05) is 18.2 Å². The van der Waals surface area contributed by atoms with Crippen LogP contribution in [0.2, 0.25) is 5.02 Å². The smallest absolute Gasteiger partial charge is 0.350 e. The van der Waals surface area contributed by atoms with E-state index in [1.54, 1.807) is 0 Å². The number of hydrogen-bond acceptors (Lipinski definition) is 4. The molecule has 1 aromatic heterocycles. The van der Waals surface area contributed by atoms with Crippen molar-refractivity contribution in [2.75, 3.05) is 11.9 Å². The number of fused-ring (bicyclic) bond motifs is 1. The van der Waals surface area contributed by atoms with Gasteiger partial charge in [-0.2, -0.15) is 0 Å². The van der Waals surface area contributed by atoms with Crippen LogP contribution in [0.4, 0.5) is 10.1 Å². The van der Waals surface area contributed by atoms with Gasteiger partial charge in [0.1, 0.15) is 10.7 Å². The maximum Gasteiger partial charge on any atom is 0.350 e. The fourth-order valence-electron chi connectivity index (χ4n) is 3.24. The number of carbonyl (C=O) groups is 2. The Morgan fingerprint density at radius 3 is 2.33 bits per heavy atom. The van der Waals surface area contributed by atoms with E-state index in [4.69, 9.17) is 16.3 Å². The Kier molecular flexibility index (Phi) is 6.78. The van der Waals surface area contributed by atoms with Crippen molar-refractivity contribution in [1.29, 1.82) is 0 Å². The molecule has 0 spiro atoms. The predicted octanol–water partition coefficient (Wildman–Crippen LogP) is 6.74. The van der Waals surface area contributed by atoms with Crippen LogP contribution in [0.25, 0.3) is 10.1 Å². The van der Waals surface area contributed by atoms with Crippen molar-refractivity contribution in [2.24, 2.45) is 0 Å². The molecule has 2 aromatic carbocycles. The first-order chi connectivity index (χ1) is 14.2. The van der Waals surface area contributed by atoms with Crippen molar-refractivity contribution in [3.63, 3.8) is 0 Å². The molecule has 0 saturated heterocycles. The summed E-state index contributed by atoms with van der Waals surface area (Å²) in [6, 6.07) is 10.0. The lowest BCUT2D eigenvalue weighted by molar-refractivity contribution is -0.119. The second-order valence-corrected chi connectivity index (χ2v) is 9.06. The van der Waals surface area contributed by atoms with Gasteiger partial charge in [-0.3, -0.25) is 4.79 Å². The summed E-state index contributed by atoms with van der Waals surface area (Å²) in [6.07, 6.45) is 0. The van der Waals surface area contributed by atoms with Crippen LogP contribution >= 0.6 is 22.9 Å². The molecule has 3 rings (SSSR count). The average Bonchev–Trinajstić information content (AvgIpc) is 3.01. The number of carbonyl (C=O) groups excluding carboxylic acids is 2. The first-order valence-electron chi connectivity index (χ1n) is 9.66. The summed E-state index contributed by atoms with van der Waals surface area (Å²) in [4.78, 5) is 25.1. The third-order valence-electron chi connectivity index (χ3n) is 4.75. The number of esters is 1. The normalized spacial score (nSPS) is 11.3. The molecule has 0 atom stereocenters. The van der Waals surface area contributed by atoms with Crippen LogP contribution in [0, 0.1) is 5.82 Å². The lowest BCUT2D eigenvalue weighted by Gasteiger charge is -2.20. The lowest BCUT2D eigenvalue weighted by Crippen LogP contribution is -2.22. The van der Waals surface area contributed by atoms with E-state index >= 15 is 0 Å². The van der Waals surface area contributed by atoms with Crippen molar-refractivity contribution < 1.29 is 18.7 Å². The summed E-state index contributed by atoms with van der Waals surface area (Å²) in [6.45, 7) is 7.79. The standard InChI is InChI=1S/C23H23ClFNO3S/c1-12(2)15-6-5-7-16(13(3)4)21(15)26-19(27)11-29-23(28)22-20(24)17-9-8-14(25)10-18(17)30-22/h5-10,12-13H,11H2,1-4H3,(H,26,27). The quantitative estimate of drug-likeness (QED) is 0.426. The largest absolute Gasteiger partial charge is 0.451 e. The Labute approximate surface area is 184 Å². The molecule has 0 saturated carbocycles. The van der Waals surface area contributed by atoms with Crippen LogP contribution in [-0.4, -0.2) is 18.5 Å². The maximum absolute atomic E-state index is 13.4. The molecule has 4 nitrogen and oxygen atoms in total. The van der Waals surface area contributed by atoms with E-state index in [9.17, 15) is 14.0 Å². The second kappa shape index (κ2) is 9.14. The number of rotatable bonds is 6. The average molecular weight is 448 g/mol. The van der Waals surface area contributed by atoms with E-state index < -0.39 is 24.3 Å². The third kappa shape index (κ3) is 4.65. The highest BCUT2D eigenvalue weighted by atomic mass is 35.5. The van der Waals surface area contributed by atoms with E-state index in [0.29, 0.717) is 10.1 Å². The number of hydrogen-bond donors (Lipinski definition) is 1. The number of anilines is 1. The molecular weight excluding hydrogens is 425 g/mol. The highest BCUT2D eigenvalue weighted by Gasteiger charge is 2.21. The first-order valence-corrected chi connectivity index (χ1v) is 10.9. The van der Waals surface area contributed by atoms with Crippen LogP contribution in [0.1, 0.15) is 60.3 Å².